The van der Waals surface area contributed by atoms with Crippen LogP contribution >= 0.6 is 23.1 Å². The molecule has 0 aliphatic heterocycles. The first-order valence-electron chi connectivity index (χ1n) is 8.04. The van der Waals surface area contributed by atoms with Crippen LogP contribution in [0.25, 0.3) is 0 Å². The van der Waals surface area contributed by atoms with Crippen molar-refractivity contribution in [3.63, 3.8) is 0 Å². The van der Waals surface area contributed by atoms with E-state index in [2.05, 4.69) is 29.4 Å². The normalized spacial score (nSPS) is 12.1. The highest BCUT2D eigenvalue weighted by Gasteiger charge is 2.23. The maximum atomic E-state index is 12.9. The first-order valence-corrected chi connectivity index (χ1v) is 9.74. The minimum Gasteiger partial charge on any atom is -0.299 e. The Morgan fingerprint density at radius 2 is 1.64 bits per heavy atom. The van der Waals surface area contributed by atoms with Gasteiger partial charge in [-0.1, -0.05) is 73.7 Å². The molecule has 128 valence electrons. The zero-order chi connectivity index (χ0) is 17.6. The lowest BCUT2D eigenvalue weighted by Gasteiger charge is -2.16. The molecule has 0 radical (unpaired) electrons. The molecule has 0 saturated heterocycles. The van der Waals surface area contributed by atoms with E-state index in [0.29, 0.717) is 11.0 Å². The minimum absolute atomic E-state index is 0.0912. The second-order valence-electron chi connectivity index (χ2n) is 5.81. The lowest BCUT2D eigenvalue weighted by molar-refractivity contribution is -0.115. The summed E-state index contributed by atoms with van der Waals surface area (Å²) in [5, 5.41) is 12.3. The molecule has 0 spiro atoms. The number of benzene rings is 2. The van der Waals surface area contributed by atoms with Crippen molar-refractivity contribution in [1.82, 2.24) is 10.2 Å². The molecule has 1 aromatic heterocycles. The van der Waals surface area contributed by atoms with Gasteiger partial charge in [0, 0.05) is 10.8 Å². The Balaban J connectivity index is 1.81. The molecule has 0 fully saturated rings. The van der Waals surface area contributed by atoms with E-state index in [-0.39, 0.29) is 11.2 Å². The molecular weight excluding hydrogens is 350 g/mol. The number of hydrogen-bond donors (Lipinski definition) is 1. The van der Waals surface area contributed by atoms with Crippen LogP contribution in [-0.2, 0) is 4.79 Å². The summed E-state index contributed by atoms with van der Waals surface area (Å²) in [7, 11) is 0. The Hall–Kier alpha value is -2.18. The van der Waals surface area contributed by atoms with E-state index in [4.69, 9.17) is 0 Å². The molecule has 2 aromatic carbocycles. The summed E-state index contributed by atoms with van der Waals surface area (Å²) in [6.45, 7) is 4.12. The van der Waals surface area contributed by atoms with E-state index < -0.39 is 0 Å². The van der Waals surface area contributed by atoms with Crippen molar-refractivity contribution in [2.45, 2.75) is 29.9 Å². The predicted molar refractivity (Wildman–Crippen MR) is 104 cm³/mol. The van der Waals surface area contributed by atoms with Crippen LogP contribution in [-0.4, -0.2) is 16.1 Å². The van der Waals surface area contributed by atoms with Crippen LogP contribution in [0.5, 0.6) is 0 Å². The maximum Gasteiger partial charge on any atom is 0.244 e. The van der Waals surface area contributed by atoms with Crippen molar-refractivity contribution in [3.8, 4) is 0 Å². The van der Waals surface area contributed by atoms with E-state index in [9.17, 15) is 4.79 Å². The molecule has 1 amide bonds. The third-order valence-electron chi connectivity index (χ3n) is 3.50. The van der Waals surface area contributed by atoms with Crippen LogP contribution in [0.15, 0.2) is 65.6 Å². The molecule has 1 heterocycles. The van der Waals surface area contributed by atoms with E-state index >= 15 is 0 Å². The molecule has 6 heteroatoms. The van der Waals surface area contributed by atoms with Gasteiger partial charge < -0.3 is 0 Å². The standard InChI is InChI=1S/C19H19N3OS2/c1-13(2)18-21-22-19(25-18)20-17(23)16(14-9-5-3-6-10-14)24-15-11-7-4-8-12-15/h3-13,16H,1-2H3,(H,20,22,23)/t16-/m1/s1. The quantitative estimate of drug-likeness (QED) is 0.612. The van der Waals surface area contributed by atoms with Gasteiger partial charge in [-0.05, 0) is 17.7 Å². The summed E-state index contributed by atoms with van der Waals surface area (Å²) in [6, 6.07) is 19.7. The van der Waals surface area contributed by atoms with Gasteiger partial charge in [0.05, 0.1) is 0 Å². The Bertz CT molecular complexity index is 819. The summed E-state index contributed by atoms with van der Waals surface area (Å²) < 4.78 is 0. The van der Waals surface area contributed by atoms with Crippen LogP contribution in [0.1, 0.15) is 35.6 Å². The van der Waals surface area contributed by atoms with Crippen LogP contribution in [0.4, 0.5) is 5.13 Å². The van der Waals surface area contributed by atoms with Crippen molar-refractivity contribution in [1.29, 1.82) is 0 Å². The fourth-order valence-electron chi connectivity index (χ4n) is 2.23. The molecule has 1 atom stereocenters. The average Bonchev–Trinajstić information content (AvgIpc) is 3.10. The third kappa shape index (κ3) is 4.67. The average molecular weight is 370 g/mol. The van der Waals surface area contributed by atoms with Gasteiger partial charge in [0.25, 0.3) is 0 Å². The highest BCUT2D eigenvalue weighted by molar-refractivity contribution is 8.00. The zero-order valence-corrected chi connectivity index (χ0v) is 15.7. The Kier molecular flexibility index (Phi) is 5.83. The summed E-state index contributed by atoms with van der Waals surface area (Å²) in [4.78, 5) is 14.0. The monoisotopic (exact) mass is 369 g/mol. The van der Waals surface area contributed by atoms with Crippen LogP contribution < -0.4 is 5.32 Å². The number of carbonyl (C=O) groups is 1. The topological polar surface area (TPSA) is 54.9 Å². The van der Waals surface area contributed by atoms with Crippen molar-refractivity contribution < 1.29 is 4.79 Å². The number of nitrogens with one attached hydrogen (secondary N) is 1. The summed E-state index contributed by atoms with van der Waals surface area (Å²) in [5.41, 5.74) is 0.961. The Morgan fingerprint density at radius 3 is 2.24 bits per heavy atom. The van der Waals surface area contributed by atoms with Gasteiger partial charge in [0.2, 0.25) is 11.0 Å². The molecule has 0 aliphatic rings. The van der Waals surface area contributed by atoms with Gasteiger partial charge in [0.15, 0.2) is 0 Å². The number of amides is 1. The van der Waals surface area contributed by atoms with E-state index in [1.807, 2.05) is 60.7 Å². The van der Waals surface area contributed by atoms with Crippen molar-refractivity contribution in [2.75, 3.05) is 5.32 Å². The zero-order valence-electron chi connectivity index (χ0n) is 14.0. The van der Waals surface area contributed by atoms with E-state index in [0.717, 1.165) is 15.5 Å². The number of anilines is 1. The fraction of sp³-hybridized carbons (Fsp3) is 0.211. The number of carbonyl (C=O) groups excluding carboxylic acids is 1. The van der Waals surface area contributed by atoms with E-state index in [1.165, 1.54) is 23.1 Å². The summed E-state index contributed by atoms with van der Waals surface area (Å²) >= 11 is 2.95. The predicted octanol–water partition coefficient (Wildman–Crippen LogP) is 5.13. The molecule has 0 saturated carbocycles. The molecule has 0 unspecified atom stereocenters. The highest BCUT2D eigenvalue weighted by atomic mass is 32.2. The third-order valence-corrected chi connectivity index (χ3v) is 5.91. The van der Waals surface area contributed by atoms with E-state index in [1.54, 1.807) is 0 Å². The highest BCUT2D eigenvalue weighted by Crippen LogP contribution is 2.36. The maximum absolute atomic E-state index is 12.9. The smallest absolute Gasteiger partial charge is 0.244 e. The number of rotatable bonds is 6. The second-order valence-corrected chi connectivity index (χ2v) is 8.00. The first kappa shape index (κ1) is 17.6. The summed E-state index contributed by atoms with van der Waals surface area (Å²) in [6.07, 6.45) is 0. The van der Waals surface area contributed by atoms with Crippen molar-refractivity contribution >= 4 is 34.1 Å². The molecule has 4 nitrogen and oxygen atoms in total. The SMILES string of the molecule is CC(C)c1nnc(NC(=O)[C@H](Sc2ccccc2)c2ccccc2)s1. The van der Waals surface area contributed by atoms with Gasteiger partial charge in [-0.25, -0.2) is 0 Å². The molecule has 3 aromatic rings. The van der Waals surface area contributed by atoms with Gasteiger partial charge in [-0.2, -0.15) is 0 Å². The molecule has 1 N–H and O–H groups in total. The number of thioether (sulfide) groups is 1. The number of hydrogen-bond acceptors (Lipinski definition) is 5. The van der Waals surface area contributed by atoms with Gasteiger partial charge in [-0.15, -0.1) is 22.0 Å². The van der Waals surface area contributed by atoms with Gasteiger partial charge >= 0.3 is 0 Å². The molecule has 0 aliphatic carbocycles. The lowest BCUT2D eigenvalue weighted by atomic mass is 10.1. The van der Waals surface area contributed by atoms with Crippen LogP contribution in [0.2, 0.25) is 0 Å². The number of aromatic nitrogens is 2. The summed E-state index contributed by atoms with van der Waals surface area (Å²) in [5.74, 6) is 0.207. The first-order chi connectivity index (χ1) is 12.1. The van der Waals surface area contributed by atoms with Crippen molar-refractivity contribution in [3.05, 3.63) is 71.2 Å². The molecular formula is C19H19N3OS2. The minimum atomic E-state index is -0.352. The van der Waals surface area contributed by atoms with Gasteiger partial charge in [0.1, 0.15) is 10.3 Å². The van der Waals surface area contributed by atoms with Crippen LogP contribution in [0, 0.1) is 0 Å². The van der Waals surface area contributed by atoms with Gasteiger partial charge in [-0.3, -0.25) is 10.1 Å². The molecule has 3 rings (SSSR count). The Morgan fingerprint density at radius 1 is 1.00 bits per heavy atom. The molecule has 0 bridgehead atoms. The fourth-order valence-corrected chi connectivity index (χ4v) is 4.02. The lowest BCUT2D eigenvalue weighted by Crippen LogP contribution is -2.18. The van der Waals surface area contributed by atoms with Crippen LogP contribution in [0.3, 0.4) is 0 Å². The Labute approximate surface area is 155 Å². The molecule has 25 heavy (non-hydrogen) atoms. The second kappa shape index (κ2) is 8.27. The number of nitrogens with zero attached hydrogens (tertiary/aromatic N) is 2. The largest absolute Gasteiger partial charge is 0.299 e. The van der Waals surface area contributed by atoms with Crippen molar-refractivity contribution in [2.24, 2.45) is 0 Å².